The lowest BCUT2D eigenvalue weighted by atomic mass is 10.0. The number of rotatable bonds is 5. The van der Waals surface area contributed by atoms with E-state index >= 15 is 0 Å². The fourth-order valence-electron chi connectivity index (χ4n) is 3.54. The number of carbonyl (C=O) groups excluding carboxylic acids is 2. The summed E-state index contributed by atoms with van der Waals surface area (Å²) in [6, 6.07) is 9.83. The van der Waals surface area contributed by atoms with Crippen LogP contribution in [0.2, 0.25) is 0 Å². The van der Waals surface area contributed by atoms with Crippen molar-refractivity contribution in [1.29, 1.82) is 0 Å². The Labute approximate surface area is 172 Å². The molecule has 1 fully saturated rings. The number of fused-ring (bicyclic) bond motifs is 3. The Hall–Kier alpha value is -3.23. The molecule has 0 saturated carbocycles. The van der Waals surface area contributed by atoms with E-state index in [9.17, 15) is 14.4 Å². The van der Waals surface area contributed by atoms with Gasteiger partial charge >= 0.3 is 11.6 Å². The Morgan fingerprint density at radius 2 is 1.83 bits per heavy atom. The smallest absolute Gasteiger partial charge is 0.344 e. The third-order valence-corrected chi connectivity index (χ3v) is 5.03. The van der Waals surface area contributed by atoms with Crippen LogP contribution in [0.1, 0.15) is 17.3 Å². The van der Waals surface area contributed by atoms with Gasteiger partial charge in [-0.1, -0.05) is 6.07 Å². The largest absolute Gasteiger partial charge is 0.427 e. The summed E-state index contributed by atoms with van der Waals surface area (Å²) in [6.45, 7) is 5.71. The second-order valence-electron chi connectivity index (χ2n) is 7.11. The summed E-state index contributed by atoms with van der Waals surface area (Å²) < 4.78 is 15.8. The number of nitrogens with one attached hydrogen (secondary N) is 1. The van der Waals surface area contributed by atoms with Crippen LogP contribution in [0.4, 0.5) is 0 Å². The van der Waals surface area contributed by atoms with Crippen molar-refractivity contribution < 1.29 is 23.5 Å². The van der Waals surface area contributed by atoms with Gasteiger partial charge in [-0.05, 0) is 29.7 Å². The van der Waals surface area contributed by atoms with Crippen molar-refractivity contribution in [1.82, 2.24) is 10.2 Å². The summed E-state index contributed by atoms with van der Waals surface area (Å²) in [5.41, 5.74) is 0.155. The molecule has 1 aromatic heterocycles. The highest BCUT2D eigenvalue weighted by Crippen LogP contribution is 2.27. The van der Waals surface area contributed by atoms with Gasteiger partial charge in [-0.2, -0.15) is 0 Å². The van der Waals surface area contributed by atoms with Crippen LogP contribution in [-0.2, 0) is 9.53 Å². The van der Waals surface area contributed by atoms with E-state index in [1.54, 1.807) is 30.3 Å². The van der Waals surface area contributed by atoms with Crippen LogP contribution in [-0.4, -0.2) is 56.2 Å². The first-order valence-corrected chi connectivity index (χ1v) is 9.78. The van der Waals surface area contributed by atoms with E-state index in [0.29, 0.717) is 52.8 Å². The first-order valence-electron chi connectivity index (χ1n) is 9.78. The van der Waals surface area contributed by atoms with E-state index < -0.39 is 11.6 Å². The maximum atomic E-state index is 12.5. The van der Waals surface area contributed by atoms with Gasteiger partial charge in [0.1, 0.15) is 11.3 Å². The highest BCUT2D eigenvalue weighted by molar-refractivity contribution is 6.07. The second kappa shape index (κ2) is 8.64. The minimum Gasteiger partial charge on any atom is -0.427 e. The molecular weight excluding hydrogens is 388 g/mol. The summed E-state index contributed by atoms with van der Waals surface area (Å²) in [7, 11) is 0. The van der Waals surface area contributed by atoms with Gasteiger partial charge in [-0.25, -0.2) is 4.79 Å². The Morgan fingerprint density at radius 3 is 2.60 bits per heavy atom. The monoisotopic (exact) mass is 410 g/mol. The predicted molar refractivity (Wildman–Crippen MR) is 111 cm³/mol. The fraction of sp³-hybridized carbons (Fsp3) is 0.318. The molecule has 1 saturated heterocycles. The molecule has 4 rings (SSSR count). The van der Waals surface area contributed by atoms with E-state index in [0.717, 1.165) is 19.6 Å². The van der Waals surface area contributed by atoms with Gasteiger partial charge in [0.05, 0.1) is 18.6 Å². The topological polar surface area (TPSA) is 98.1 Å². The molecule has 30 heavy (non-hydrogen) atoms. The van der Waals surface area contributed by atoms with E-state index in [4.69, 9.17) is 13.9 Å². The summed E-state index contributed by atoms with van der Waals surface area (Å²) >= 11 is 0. The van der Waals surface area contributed by atoms with Crippen molar-refractivity contribution in [3.63, 3.8) is 0 Å². The molecular formula is C22H22N2O6. The molecule has 1 amide bonds. The van der Waals surface area contributed by atoms with E-state index in [1.165, 1.54) is 13.0 Å². The number of morpholine rings is 1. The molecule has 2 heterocycles. The predicted octanol–water partition coefficient (Wildman–Crippen LogP) is 1.93. The number of carbonyl (C=O) groups is 2. The van der Waals surface area contributed by atoms with Gasteiger partial charge in [0.15, 0.2) is 0 Å². The number of hydrogen-bond acceptors (Lipinski definition) is 7. The van der Waals surface area contributed by atoms with Crippen molar-refractivity contribution in [3.8, 4) is 5.75 Å². The van der Waals surface area contributed by atoms with E-state index in [1.807, 2.05) is 0 Å². The lowest BCUT2D eigenvalue weighted by molar-refractivity contribution is -0.131. The highest BCUT2D eigenvalue weighted by atomic mass is 16.5. The molecule has 8 nitrogen and oxygen atoms in total. The lowest BCUT2D eigenvalue weighted by Gasteiger charge is -2.26. The normalized spacial score (nSPS) is 14.7. The lowest BCUT2D eigenvalue weighted by Crippen LogP contribution is -2.41. The number of esters is 1. The first kappa shape index (κ1) is 20.1. The van der Waals surface area contributed by atoms with Gasteiger partial charge in [-0.3, -0.25) is 14.5 Å². The molecule has 0 atom stereocenters. The zero-order valence-corrected chi connectivity index (χ0v) is 16.6. The quantitative estimate of drug-likeness (QED) is 0.297. The Kier molecular flexibility index (Phi) is 5.78. The molecule has 1 aliphatic heterocycles. The highest BCUT2D eigenvalue weighted by Gasteiger charge is 2.14. The molecule has 1 aliphatic rings. The van der Waals surface area contributed by atoms with Crippen molar-refractivity contribution in [2.45, 2.75) is 6.92 Å². The van der Waals surface area contributed by atoms with Crippen molar-refractivity contribution in [2.24, 2.45) is 0 Å². The fourth-order valence-corrected chi connectivity index (χ4v) is 3.54. The van der Waals surface area contributed by atoms with Crippen molar-refractivity contribution in [3.05, 3.63) is 52.4 Å². The summed E-state index contributed by atoms with van der Waals surface area (Å²) in [5, 5.41) is 4.57. The standard InChI is InChI=1S/C22H22N2O6/c1-14(25)29-16-3-5-18-17-4-2-15(12-19(17)22(27)30-20(18)13-16)21(26)23-6-7-24-8-10-28-11-9-24/h2-5,12-13H,6-11H2,1H3,(H,23,26). The van der Waals surface area contributed by atoms with Gasteiger partial charge in [0.25, 0.3) is 5.91 Å². The zero-order chi connectivity index (χ0) is 21.1. The molecule has 0 bridgehead atoms. The van der Waals surface area contributed by atoms with Crippen LogP contribution in [0.5, 0.6) is 5.75 Å². The minimum absolute atomic E-state index is 0.241. The number of nitrogens with zero attached hydrogens (tertiary/aromatic N) is 1. The molecule has 0 spiro atoms. The molecule has 0 radical (unpaired) electrons. The molecule has 156 valence electrons. The van der Waals surface area contributed by atoms with Crippen LogP contribution in [0.15, 0.2) is 45.6 Å². The zero-order valence-electron chi connectivity index (χ0n) is 16.6. The van der Waals surface area contributed by atoms with Crippen LogP contribution in [0, 0.1) is 0 Å². The van der Waals surface area contributed by atoms with Gasteiger partial charge in [-0.15, -0.1) is 0 Å². The number of hydrogen-bond donors (Lipinski definition) is 1. The summed E-state index contributed by atoms with van der Waals surface area (Å²) in [5.74, 6) is -0.398. The number of amides is 1. The van der Waals surface area contributed by atoms with Crippen molar-refractivity contribution >= 4 is 33.6 Å². The molecule has 8 heteroatoms. The van der Waals surface area contributed by atoms with Crippen LogP contribution < -0.4 is 15.7 Å². The Bertz CT molecular complexity index is 1160. The number of benzene rings is 2. The summed E-state index contributed by atoms with van der Waals surface area (Å²) in [4.78, 5) is 38.4. The van der Waals surface area contributed by atoms with Crippen LogP contribution in [0.3, 0.4) is 0 Å². The van der Waals surface area contributed by atoms with Crippen molar-refractivity contribution in [2.75, 3.05) is 39.4 Å². The maximum Gasteiger partial charge on any atom is 0.344 e. The molecule has 2 aromatic carbocycles. The van der Waals surface area contributed by atoms with E-state index in [-0.39, 0.29) is 5.91 Å². The average molecular weight is 410 g/mol. The minimum atomic E-state index is -0.555. The van der Waals surface area contributed by atoms with Crippen LogP contribution in [0.25, 0.3) is 21.7 Å². The van der Waals surface area contributed by atoms with Gasteiger partial charge < -0.3 is 19.2 Å². The third kappa shape index (κ3) is 4.34. The van der Waals surface area contributed by atoms with Gasteiger partial charge in [0.2, 0.25) is 0 Å². The molecule has 1 N–H and O–H groups in total. The number of ether oxygens (including phenoxy) is 2. The van der Waals surface area contributed by atoms with E-state index in [2.05, 4.69) is 10.2 Å². The molecule has 0 aliphatic carbocycles. The van der Waals surface area contributed by atoms with Gasteiger partial charge in [0, 0.05) is 50.1 Å². The average Bonchev–Trinajstić information content (AvgIpc) is 2.73. The molecule has 3 aromatic rings. The SMILES string of the molecule is CC(=O)Oc1ccc2c(c1)oc(=O)c1cc(C(=O)NCCN3CCOCC3)ccc12. The van der Waals surface area contributed by atoms with Crippen LogP contribution >= 0.6 is 0 Å². The Morgan fingerprint density at radius 1 is 1.07 bits per heavy atom. The second-order valence-corrected chi connectivity index (χ2v) is 7.11. The first-order chi connectivity index (χ1) is 14.5. The summed E-state index contributed by atoms with van der Waals surface area (Å²) in [6.07, 6.45) is 0. The maximum absolute atomic E-state index is 12.5. The Balaban J connectivity index is 1.55. The third-order valence-electron chi connectivity index (χ3n) is 5.03. The molecule has 0 unspecified atom stereocenters.